The Balaban J connectivity index is 2.21. The largest absolute Gasteiger partial charge is 0.482 e. The first-order valence-corrected chi connectivity index (χ1v) is 13.4. The van der Waals surface area contributed by atoms with Crippen LogP contribution in [0.4, 0.5) is 0 Å². The van der Waals surface area contributed by atoms with Crippen LogP contribution in [0.5, 0.6) is 0 Å². The molecule has 2 rings (SSSR count). The predicted molar refractivity (Wildman–Crippen MR) is 137 cm³/mol. The van der Waals surface area contributed by atoms with Crippen LogP contribution in [0, 0.1) is 11.8 Å². The molecule has 0 aliphatic carbocycles. The van der Waals surface area contributed by atoms with Crippen LogP contribution in [0.1, 0.15) is 108 Å². The second kappa shape index (κ2) is 10.7. The van der Waals surface area contributed by atoms with Gasteiger partial charge in [0.25, 0.3) is 0 Å². The molecule has 0 aromatic heterocycles. The molecule has 0 aromatic rings. The summed E-state index contributed by atoms with van der Waals surface area (Å²) in [5.74, 6) is -1.86. The Bertz CT molecular complexity index is 796. The van der Waals surface area contributed by atoms with E-state index in [1.54, 1.807) is 0 Å². The lowest BCUT2D eigenvalue weighted by molar-refractivity contribution is -0.163. The van der Waals surface area contributed by atoms with Crippen LogP contribution in [0.3, 0.4) is 0 Å². The van der Waals surface area contributed by atoms with Gasteiger partial charge in [0.15, 0.2) is 0 Å². The molecule has 2 heterocycles. The summed E-state index contributed by atoms with van der Waals surface area (Å²) >= 11 is 0. The van der Waals surface area contributed by atoms with Crippen molar-refractivity contribution in [2.75, 3.05) is 0 Å². The minimum Gasteiger partial charge on any atom is -0.453 e. The van der Waals surface area contributed by atoms with E-state index in [1.165, 1.54) is 0 Å². The molecule has 2 aliphatic heterocycles. The number of nitrogens with zero attached hydrogens (tertiary/aromatic N) is 2. The van der Waals surface area contributed by atoms with E-state index >= 15 is 0 Å². The average Bonchev–Trinajstić information content (AvgIpc) is 2.81. The van der Waals surface area contributed by atoms with Crippen molar-refractivity contribution in [2.24, 2.45) is 11.8 Å². The lowest BCUT2D eigenvalue weighted by Crippen LogP contribution is -2.66. The number of rotatable bonds is 8. The van der Waals surface area contributed by atoms with E-state index in [0.29, 0.717) is 12.8 Å². The minimum atomic E-state index is -0.939. The SMILES string of the molecule is CCC1(C)CC(OC(=O)C(=[N+]=[N-])C(=O)OC2CC(C)(CC)NC(C)(CC)C2C)C(C)C(C)(CC)N1. The summed E-state index contributed by atoms with van der Waals surface area (Å²) in [6.07, 6.45) is 3.82. The topological polar surface area (TPSA) is 113 Å². The van der Waals surface area contributed by atoms with Gasteiger partial charge in [-0.1, -0.05) is 41.5 Å². The lowest BCUT2D eigenvalue weighted by atomic mass is 9.70. The average molecular weight is 493 g/mol. The van der Waals surface area contributed by atoms with Gasteiger partial charge in [0, 0.05) is 46.8 Å². The lowest BCUT2D eigenvalue weighted by Gasteiger charge is -2.52. The fourth-order valence-electron chi connectivity index (χ4n) is 5.90. The summed E-state index contributed by atoms with van der Waals surface area (Å²) in [5.41, 5.74) is 8.03. The van der Waals surface area contributed by atoms with E-state index in [-0.39, 0.29) is 34.0 Å². The van der Waals surface area contributed by atoms with Crippen molar-refractivity contribution in [2.45, 2.75) is 142 Å². The van der Waals surface area contributed by atoms with Gasteiger partial charge in [-0.05, 0) is 53.4 Å². The Labute approximate surface area is 211 Å². The fraction of sp³-hybridized carbons (Fsp3) is 0.889. The number of nitrogens with one attached hydrogen (secondary N) is 2. The molecule has 0 aromatic carbocycles. The third-order valence-electron chi connectivity index (χ3n) is 9.64. The zero-order valence-electron chi connectivity index (χ0n) is 23.6. The zero-order chi connectivity index (χ0) is 26.8. The summed E-state index contributed by atoms with van der Waals surface area (Å²) in [5, 5.41) is 7.48. The van der Waals surface area contributed by atoms with Crippen LogP contribution in [0.15, 0.2) is 0 Å². The molecular formula is C27H48N4O4. The maximum Gasteiger partial charge on any atom is 0.482 e. The van der Waals surface area contributed by atoms with Gasteiger partial charge < -0.3 is 25.6 Å². The monoisotopic (exact) mass is 492 g/mol. The number of carbonyl (C=O) groups is 2. The summed E-state index contributed by atoms with van der Waals surface area (Å²) in [7, 11) is 0. The molecule has 2 fully saturated rings. The van der Waals surface area contributed by atoms with Crippen LogP contribution in [0.25, 0.3) is 5.53 Å². The molecule has 0 amide bonds. The highest BCUT2D eigenvalue weighted by Crippen LogP contribution is 2.40. The molecule has 0 bridgehead atoms. The molecule has 2 saturated heterocycles. The molecule has 2 aliphatic rings. The third kappa shape index (κ3) is 5.98. The number of ether oxygens (including phenoxy) is 2. The molecule has 0 radical (unpaired) electrons. The van der Waals surface area contributed by atoms with Gasteiger partial charge in [0.1, 0.15) is 12.2 Å². The highest BCUT2D eigenvalue weighted by atomic mass is 16.6. The van der Waals surface area contributed by atoms with Crippen molar-refractivity contribution in [3.63, 3.8) is 0 Å². The Morgan fingerprint density at radius 2 is 1.11 bits per heavy atom. The Morgan fingerprint density at radius 3 is 1.37 bits per heavy atom. The van der Waals surface area contributed by atoms with Gasteiger partial charge in [-0.3, -0.25) is 0 Å². The standard InChI is InChI=1S/C27H48N4O4/c1-11-24(7)15-19(17(5)26(9,13-3)30-24)34-22(32)21(29-28)23(33)35-20-16-25(8,12-2)31-27(10,14-4)18(20)6/h17-20,30-31H,11-16H2,1-10H3. The number of hydrogen-bond donors (Lipinski definition) is 2. The van der Waals surface area contributed by atoms with E-state index in [4.69, 9.17) is 9.47 Å². The smallest absolute Gasteiger partial charge is 0.453 e. The molecule has 2 N–H and O–H groups in total. The molecule has 35 heavy (non-hydrogen) atoms. The van der Waals surface area contributed by atoms with Crippen molar-refractivity contribution in [3.8, 4) is 0 Å². The Hall–Kier alpha value is -1.76. The highest BCUT2D eigenvalue weighted by Gasteiger charge is 2.51. The molecule has 8 atom stereocenters. The molecule has 8 heteroatoms. The van der Waals surface area contributed by atoms with Crippen LogP contribution in [-0.4, -0.2) is 56.8 Å². The summed E-state index contributed by atoms with van der Waals surface area (Å²) in [6, 6.07) is 0. The first-order chi connectivity index (χ1) is 16.1. The van der Waals surface area contributed by atoms with Crippen LogP contribution in [-0.2, 0) is 19.1 Å². The van der Waals surface area contributed by atoms with Crippen molar-refractivity contribution in [1.82, 2.24) is 10.6 Å². The quantitative estimate of drug-likeness (QED) is 0.171. The van der Waals surface area contributed by atoms with Gasteiger partial charge in [-0.2, -0.15) is 4.79 Å². The summed E-state index contributed by atoms with van der Waals surface area (Å²) < 4.78 is 11.7. The summed E-state index contributed by atoms with van der Waals surface area (Å²) in [4.78, 5) is 29.2. The van der Waals surface area contributed by atoms with Crippen molar-refractivity contribution >= 4 is 17.7 Å². The predicted octanol–water partition coefficient (Wildman–Crippen LogP) is 4.41. The second-order valence-electron chi connectivity index (χ2n) is 11.9. The van der Waals surface area contributed by atoms with Crippen molar-refractivity contribution < 1.29 is 23.9 Å². The number of piperidine rings is 2. The van der Waals surface area contributed by atoms with Crippen LogP contribution < -0.4 is 10.6 Å². The Morgan fingerprint density at radius 1 is 0.771 bits per heavy atom. The van der Waals surface area contributed by atoms with Crippen LogP contribution in [0.2, 0.25) is 0 Å². The van der Waals surface area contributed by atoms with E-state index in [0.717, 1.165) is 25.7 Å². The minimum absolute atomic E-state index is 0.00648. The van der Waals surface area contributed by atoms with Gasteiger partial charge >= 0.3 is 17.7 Å². The molecular weight excluding hydrogens is 444 g/mol. The van der Waals surface area contributed by atoms with Gasteiger partial charge in [-0.15, -0.1) is 0 Å². The fourth-order valence-corrected chi connectivity index (χ4v) is 5.90. The molecule has 8 unspecified atom stereocenters. The maximum atomic E-state index is 13.1. The number of hydrogen-bond acceptors (Lipinski definition) is 6. The van der Waals surface area contributed by atoms with Gasteiger partial charge in [0.2, 0.25) is 0 Å². The van der Waals surface area contributed by atoms with E-state index < -0.39 is 29.9 Å². The number of carbonyl (C=O) groups excluding carboxylic acids is 2. The second-order valence-corrected chi connectivity index (χ2v) is 11.9. The maximum absolute atomic E-state index is 13.1. The Kier molecular flexibility index (Phi) is 9.01. The molecule has 0 saturated carbocycles. The molecule has 0 spiro atoms. The zero-order valence-corrected chi connectivity index (χ0v) is 23.6. The van der Waals surface area contributed by atoms with E-state index in [1.807, 2.05) is 13.8 Å². The first kappa shape index (κ1) is 29.5. The van der Waals surface area contributed by atoms with E-state index in [2.05, 4.69) is 70.8 Å². The van der Waals surface area contributed by atoms with Crippen molar-refractivity contribution in [3.05, 3.63) is 5.53 Å². The third-order valence-corrected chi connectivity index (χ3v) is 9.64. The summed E-state index contributed by atoms with van der Waals surface area (Å²) in [6.45, 7) is 21.0. The molecule has 200 valence electrons. The van der Waals surface area contributed by atoms with Crippen LogP contribution >= 0.6 is 0 Å². The van der Waals surface area contributed by atoms with Gasteiger partial charge in [-0.25, -0.2) is 9.59 Å². The highest BCUT2D eigenvalue weighted by molar-refractivity contribution is 6.60. The number of esters is 2. The van der Waals surface area contributed by atoms with Gasteiger partial charge in [0.05, 0.1) is 0 Å². The normalized spacial score (nSPS) is 41.5. The first-order valence-electron chi connectivity index (χ1n) is 13.4. The van der Waals surface area contributed by atoms with Crippen molar-refractivity contribution in [1.29, 1.82) is 0 Å². The van der Waals surface area contributed by atoms with E-state index in [9.17, 15) is 15.1 Å². The molecule has 8 nitrogen and oxygen atoms in total.